The van der Waals surface area contributed by atoms with Crippen molar-refractivity contribution < 1.29 is 22.7 Å². The van der Waals surface area contributed by atoms with Crippen molar-refractivity contribution >= 4 is 16.0 Å². The fourth-order valence-electron chi connectivity index (χ4n) is 2.31. The molecule has 1 aromatic carbocycles. The zero-order chi connectivity index (χ0) is 14.0. The summed E-state index contributed by atoms with van der Waals surface area (Å²) in [6, 6.07) is 4.53. The highest BCUT2D eigenvalue weighted by Crippen LogP contribution is 2.28. The van der Waals surface area contributed by atoms with Crippen LogP contribution in [0.5, 0.6) is 0 Å². The summed E-state index contributed by atoms with van der Waals surface area (Å²) >= 11 is 0. The van der Waals surface area contributed by atoms with E-state index in [4.69, 9.17) is 5.11 Å². The Kier molecular flexibility index (Phi) is 3.86. The van der Waals surface area contributed by atoms with Crippen LogP contribution in [-0.2, 0) is 14.8 Å². The van der Waals surface area contributed by atoms with Gasteiger partial charge in [0.15, 0.2) is 0 Å². The highest BCUT2D eigenvalue weighted by atomic mass is 32.2. The molecule has 1 aromatic rings. The van der Waals surface area contributed by atoms with E-state index in [-0.39, 0.29) is 13.0 Å². The molecule has 0 amide bonds. The predicted octanol–water partition coefficient (Wildman–Crippen LogP) is 1.45. The molecule has 1 heterocycles. The van der Waals surface area contributed by atoms with Gasteiger partial charge in [0.05, 0.1) is 6.42 Å². The molecule has 5 nitrogen and oxygen atoms in total. The van der Waals surface area contributed by atoms with Crippen LogP contribution in [0.15, 0.2) is 29.2 Å². The van der Waals surface area contributed by atoms with Crippen LogP contribution in [0.3, 0.4) is 0 Å². The van der Waals surface area contributed by atoms with Crippen molar-refractivity contribution in [2.24, 2.45) is 0 Å². The first kappa shape index (κ1) is 14.0. The van der Waals surface area contributed by atoms with E-state index in [0.717, 1.165) is 10.4 Å². The summed E-state index contributed by atoms with van der Waals surface area (Å²) in [6.45, 7) is 0.231. The molecule has 0 saturated carbocycles. The molecule has 1 saturated heterocycles. The molecule has 1 aliphatic heterocycles. The molecule has 1 aliphatic rings. The molecule has 0 spiro atoms. The normalized spacial score (nSPS) is 20.6. The third kappa shape index (κ3) is 2.76. The van der Waals surface area contributed by atoms with Gasteiger partial charge in [-0.05, 0) is 25.0 Å². The van der Waals surface area contributed by atoms with Crippen molar-refractivity contribution in [2.75, 3.05) is 6.54 Å². The van der Waals surface area contributed by atoms with Gasteiger partial charge in [0.2, 0.25) is 10.0 Å². The molecule has 2 rings (SSSR count). The van der Waals surface area contributed by atoms with Gasteiger partial charge >= 0.3 is 5.97 Å². The van der Waals surface area contributed by atoms with Crippen LogP contribution in [0.4, 0.5) is 4.39 Å². The van der Waals surface area contributed by atoms with Gasteiger partial charge in [-0.1, -0.05) is 12.1 Å². The van der Waals surface area contributed by atoms with Crippen molar-refractivity contribution in [3.05, 3.63) is 30.1 Å². The molecule has 1 N–H and O–H groups in total. The van der Waals surface area contributed by atoms with Gasteiger partial charge in [0.1, 0.15) is 10.7 Å². The molecular formula is C12H14FNO4S. The van der Waals surface area contributed by atoms with Gasteiger partial charge in [0, 0.05) is 12.6 Å². The van der Waals surface area contributed by atoms with E-state index in [1.165, 1.54) is 18.2 Å². The third-order valence-electron chi connectivity index (χ3n) is 3.16. The fourth-order valence-corrected chi connectivity index (χ4v) is 4.07. The second-order valence-corrected chi connectivity index (χ2v) is 6.30. The van der Waals surface area contributed by atoms with Crippen molar-refractivity contribution in [3.63, 3.8) is 0 Å². The number of hydrogen-bond acceptors (Lipinski definition) is 3. The minimum Gasteiger partial charge on any atom is -0.481 e. The molecule has 104 valence electrons. The van der Waals surface area contributed by atoms with Crippen LogP contribution in [0, 0.1) is 5.82 Å². The minimum atomic E-state index is -3.97. The van der Waals surface area contributed by atoms with Crippen LogP contribution in [0.2, 0.25) is 0 Å². The number of carboxylic acid groups (broad SMARTS) is 1. The summed E-state index contributed by atoms with van der Waals surface area (Å²) < 4.78 is 39.4. The lowest BCUT2D eigenvalue weighted by atomic mass is 10.2. The fraction of sp³-hybridized carbons (Fsp3) is 0.417. The minimum absolute atomic E-state index is 0.231. The Labute approximate surface area is 110 Å². The summed E-state index contributed by atoms with van der Waals surface area (Å²) in [5.74, 6) is -1.87. The maximum atomic E-state index is 13.6. The molecule has 1 fully saturated rings. The number of carbonyl (C=O) groups is 1. The molecule has 1 unspecified atom stereocenters. The number of sulfonamides is 1. The van der Waals surface area contributed by atoms with Gasteiger partial charge in [0.25, 0.3) is 0 Å². The Morgan fingerprint density at radius 3 is 2.74 bits per heavy atom. The summed E-state index contributed by atoms with van der Waals surface area (Å²) in [4.78, 5) is 10.3. The zero-order valence-electron chi connectivity index (χ0n) is 10.1. The van der Waals surface area contributed by atoms with E-state index >= 15 is 0 Å². The molecule has 19 heavy (non-hydrogen) atoms. The SMILES string of the molecule is O=C(O)CC1CCCN1S(=O)(=O)c1ccccc1F. The molecule has 0 aliphatic carbocycles. The summed E-state index contributed by atoms with van der Waals surface area (Å²) in [5, 5.41) is 8.79. The highest BCUT2D eigenvalue weighted by molar-refractivity contribution is 7.89. The first-order valence-electron chi connectivity index (χ1n) is 5.91. The van der Waals surface area contributed by atoms with E-state index in [1.807, 2.05) is 0 Å². The van der Waals surface area contributed by atoms with E-state index in [0.29, 0.717) is 12.8 Å². The van der Waals surface area contributed by atoms with E-state index < -0.39 is 32.7 Å². The third-order valence-corrected chi connectivity index (χ3v) is 5.14. The highest BCUT2D eigenvalue weighted by Gasteiger charge is 2.37. The first-order valence-corrected chi connectivity index (χ1v) is 7.35. The van der Waals surface area contributed by atoms with Gasteiger partial charge in [-0.15, -0.1) is 0 Å². The number of aliphatic carboxylic acids is 1. The topological polar surface area (TPSA) is 74.7 Å². The van der Waals surface area contributed by atoms with E-state index in [1.54, 1.807) is 0 Å². The summed E-state index contributed by atoms with van der Waals surface area (Å²) in [7, 11) is -3.97. The molecular weight excluding hydrogens is 273 g/mol. The van der Waals surface area contributed by atoms with Crippen molar-refractivity contribution in [3.8, 4) is 0 Å². The van der Waals surface area contributed by atoms with Crippen LogP contribution in [0.1, 0.15) is 19.3 Å². The Balaban J connectivity index is 2.34. The predicted molar refractivity (Wildman–Crippen MR) is 65.6 cm³/mol. The average Bonchev–Trinajstić information content (AvgIpc) is 2.77. The Bertz CT molecular complexity index is 587. The maximum absolute atomic E-state index is 13.6. The average molecular weight is 287 g/mol. The standard InChI is InChI=1S/C12H14FNO4S/c13-10-5-1-2-6-11(10)19(17,18)14-7-3-4-9(14)8-12(15)16/h1-2,5-6,9H,3-4,7-8H2,(H,15,16). The zero-order valence-corrected chi connectivity index (χ0v) is 10.9. The van der Waals surface area contributed by atoms with Crippen LogP contribution in [0.25, 0.3) is 0 Å². The Hall–Kier alpha value is -1.47. The monoisotopic (exact) mass is 287 g/mol. The number of benzene rings is 1. The summed E-state index contributed by atoms with van der Waals surface area (Å²) in [6.07, 6.45) is 0.819. The molecule has 0 bridgehead atoms. The quantitative estimate of drug-likeness (QED) is 0.909. The van der Waals surface area contributed by atoms with Crippen molar-refractivity contribution in [1.29, 1.82) is 0 Å². The van der Waals surface area contributed by atoms with Gasteiger partial charge in [-0.3, -0.25) is 4.79 Å². The van der Waals surface area contributed by atoms with Crippen molar-refractivity contribution in [1.82, 2.24) is 4.31 Å². The van der Waals surface area contributed by atoms with Crippen LogP contribution >= 0.6 is 0 Å². The lowest BCUT2D eigenvalue weighted by Gasteiger charge is -2.23. The smallest absolute Gasteiger partial charge is 0.304 e. The lowest BCUT2D eigenvalue weighted by molar-refractivity contribution is -0.137. The molecule has 0 aromatic heterocycles. The molecule has 1 atom stereocenters. The van der Waals surface area contributed by atoms with Crippen LogP contribution < -0.4 is 0 Å². The second-order valence-electron chi connectivity index (χ2n) is 4.44. The molecule has 0 radical (unpaired) electrons. The largest absolute Gasteiger partial charge is 0.481 e. The van der Waals surface area contributed by atoms with Gasteiger partial charge < -0.3 is 5.11 Å². The lowest BCUT2D eigenvalue weighted by Crippen LogP contribution is -2.37. The number of halogens is 1. The van der Waals surface area contributed by atoms with Gasteiger partial charge in [-0.2, -0.15) is 4.31 Å². The number of carboxylic acids is 1. The maximum Gasteiger partial charge on any atom is 0.304 e. The second kappa shape index (κ2) is 5.26. The van der Waals surface area contributed by atoms with Gasteiger partial charge in [-0.25, -0.2) is 12.8 Å². The van der Waals surface area contributed by atoms with Crippen LogP contribution in [-0.4, -0.2) is 36.4 Å². The number of nitrogens with zero attached hydrogens (tertiary/aromatic N) is 1. The molecule has 7 heteroatoms. The van der Waals surface area contributed by atoms with Crippen molar-refractivity contribution in [2.45, 2.75) is 30.2 Å². The number of rotatable bonds is 4. The Morgan fingerprint density at radius 2 is 2.11 bits per heavy atom. The van der Waals surface area contributed by atoms with E-state index in [2.05, 4.69) is 0 Å². The summed E-state index contributed by atoms with van der Waals surface area (Å²) in [5.41, 5.74) is 0. The number of hydrogen-bond donors (Lipinski definition) is 1. The first-order chi connectivity index (χ1) is 8.93. The van der Waals surface area contributed by atoms with E-state index in [9.17, 15) is 17.6 Å². The Morgan fingerprint density at radius 1 is 1.42 bits per heavy atom.